The molecule has 1 atom stereocenters. The first-order valence-corrected chi connectivity index (χ1v) is 7.88. The van der Waals surface area contributed by atoms with Gasteiger partial charge in [-0.25, -0.2) is 9.78 Å². The molecule has 1 aliphatic rings. The highest BCUT2D eigenvalue weighted by molar-refractivity contribution is 5.94. The summed E-state index contributed by atoms with van der Waals surface area (Å²) in [5.41, 5.74) is 2.01. The standard InChI is InChI=1S/C17H17N5O2/c1-20-14-3-2-7-19-15(14)22(17(20)24)13-6-10-21(11-13)16(23)12-4-8-18-9-5-12/h2-5,7-9,13H,6,10-11H2,1H3/t13-/m1/s1. The van der Waals surface area contributed by atoms with Crippen LogP contribution in [0.15, 0.2) is 47.7 Å². The van der Waals surface area contributed by atoms with Crippen molar-refractivity contribution in [1.82, 2.24) is 24.0 Å². The molecule has 0 radical (unpaired) electrons. The minimum absolute atomic E-state index is 0.0267. The molecule has 1 saturated heterocycles. The Balaban J connectivity index is 1.66. The molecule has 4 rings (SSSR count). The van der Waals surface area contributed by atoms with Crippen molar-refractivity contribution in [2.75, 3.05) is 13.1 Å². The average molecular weight is 323 g/mol. The number of pyridine rings is 2. The summed E-state index contributed by atoms with van der Waals surface area (Å²) in [4.78, 5) is 35.3. The van der Waals surface area contributed by atoms with Crippen LogP contribution in [0.4, 0.5) is 0 Å². The zero-order chi connectivity index (χ0) is 16.7. The number of aryl methyl sites for hydroxylation is 1. The Bertz CT molecular complexity index is 960. The highest BCUT2D eigenvalue weighted by Gasteiger charge is 2.30. The van der Waals surface area contributed by atoms with E-state index in [4.69, 9.17) is 0 Å². The molecule has 0 aliphatic carbocycles. The van der Waals surface area contributed by atoms with Crippen LogP contribution in [0.3, 0.4) is 0 Å². The van der Waals surface area contributed by atoms with Gasteiger partial charge in [0.15, 0.2) is 5.65 Å². The fraction of sp³-hybridized carbons (Fsp3) is 0.294. The summed E-state index contributed by atoms with van der Waals surface area (Å²) >= 11 is 0. The normalized spacial score (nSPS) is 17.5. The summed E-state index contributed by atoms with van der Waals surface area (Å²) < 4.78 is 3.32. The summed E-state index contributed by atoms with van der Waals surface area (Å²) in [5, 5.41) is 0. The number of nitrogens with zero attached hydrogens (tertiary/aromatic N) is 5. The molecule has 4 heterocycles. The van der Waals surface area contributed by atoms with Crippen LogP contribution in [0.2, 0.25) is 0 Å². The van der Waals surface area contributed by atoms with Crippen LogP contribution in [-0.2, 0) is 7.05 Å². The van der Waals surface area contributed by atoms with E-state index in [0.29, 0.717) is 24.3 Å². The molecular weight excluding hydrogens is 306 g/mol. The summed E-state index contributed by atoms with van der Waals surface area (Å²) in [7, 11) is 1.75. The molecule has 1 fully saturated rings. The van der Waals surface area contributed by atoms with Crippen molar-refractivity contribution >= 4 is 17.1 Å². The minimum atomic E-state index is -0.0908. The van der Waals surface area contributed by atoms with E-state index in [1.165, 1.54) is 0 Å². The number of amides is 1. The number of rotatable bonds is 2. The smallest absolute Gasteiger partial charge is 0.330 e. The molecule has 1 amide bonds. The zero-order valence-electron chi connectivity index (χ0n) is 13.3. The SMILES string of the molecule is Cn1c(=O)n([C@@H]2CCN(C(=O)c3ccncc3)C2)c2ncccc21. The Morgan fingerprint density at radius 3 is 2.79 bits per heavy atom. The first-order chi connectivity index (χ1) is 11.7. The van der Waals surface area contributed by atoms with Gasteiger partial charge in [0.05, 0.1) is 11.6 Å². The van der Waals surface area contributed by atoms with E-state index in [2.05, 4.69) is 9.97 Å². The molecule has 3 aromatic heterocycles. The van der Waals surface area contributed by atoms with E-state index in [1.54, 1.807) is 51.8 Å². The highest BCUT2D eigenvalue weighted by atomic mass is 16.2. The molecule has 122 valence electrons. The molecule has 7 nitrogen and oxygen atoms in total. The van der Waals surface area contributed by atoms with Crippen LogP contribution in [0.25, 0.3) is 11.2 Å². The molecule has 0 N–H and O–H groups in total. The van der Waals surface area contributed by atoms with E-state index in [1.807, 2.05) is 12.1 Å². The second-order valence-electron chi connectivity index (χ2n) is 5.99. The maximum absolute atomic E-state index is 12.6. The van der Waals surface area contributed by atoms with Crippen LogP contribution in [0.1, 0.15) is 22.8 Å². The Kier molecular flexibility index (Phi) is 3.41. The second kappa shape index (κ2) is 5.59. The quantitative estimate of drug-likeness (QED) is 0.711. The van der Waals surface area contributed by atoms with Crippen molar-refractivity contribution in [3.05, 3.63) is 58.9 Å². The molecule has 0 bridgehead atoms. The Hall–Kier alpha value is -2.96. The Morgan fingerprint density at radius 2 is 2.00 bits per heavy atom. The van der Waals surface area contributed by atoms with Crippen LogP contribution in [0, 0.1) is 0 Å². The zero-order valence-corrected chi connectivity index (χ0v) is 13.3. The minimum Gasteiger partial charge on any atom is -0.336 e. The van der Waals surface area contributed by atoms with Gasteiger partial charge < -0.3 is 4.90 Å². The van der Waals surface area contributed by atoms with Gasteiger partial charge in [0.2, 0.25) is 0 Å². The van der Waals surface area contributed by atoms with Crippen molar-refractivity contribution in [3.63, 3.8) is 0 Å². The number of aromatic nitrogens is 4. The largest absolute Gasteiger partial charge is 0.336 e. The summed E-state index contributed by atoms with van der Waals surface area (Å²) in [6.45, 7) is 1.14. The maximum Gasteiger partial charge on any atom is 0.330 e. The van der Waals surface area contributed by atoms with E-state index in [0.717, 1.165) is 11.9 Å². The summed E-state index contributed by atoms with van der Waals surface area (Å²) in [6.07, 6.45) is 5.65. The predicted molar refractivity (Wildman–Crippen MR) is 88.8 cm³/mol. The molecule has 0 spiro atoms. The number of fused-ring (bicyclic) bond motifs is 1. The first-order valence-electron chi connectivity index (χ1n) is 7.88. The van der Waals surface area contributed by atoms with Crippen molar-refractivity contribution in [1.29, 1.82) is 0 Å². The van der Waals surface area contributed by atoms with Gasteiger partial charge >= 0.3 is 5.69 Å². The molecule has 0 aromatic carbocycles. The molecule has 0 unspecified atom stereocenters. The van der Waals surface area contributed by atoms with E-state index >= 15 is 0 Å². The van der Waals surface area contributed by atoms with Crippen molar-refractivity contribution in [2.24, 2.45) is 7.05 Å². The maximum atomic E-state index is 12.6. The third-order valence-electron chi connectivity index (χ3n) is 4.59. The number of hydrogen-bond donors (Lipinski definition) is 0. The predicted octanol–water partition coefficient (Wildman–Crippen LogP) is 1.22. The van der Waals surface area contributed by atoms with Gasteiger partial charge in [-0.3, -0.25) is 18.9 Å². The third-order valence-corrected chi connectivity index (χ3v) is 4.59. The molecule has 0 saturated carbocycles. The third kappa shape index (κ3) is 2.20. The van der Waals surface area contributed by atoms with Gasteiger partial charge in [0.1, 0.15) is 0 Å². The van der Waals surface area contributed by atoms with Crippen molar-refractivity contribution in [3.8, 4) is 0 Å². The number of carbonyl (C=O) groups excluding carboxylic acids is 1. The van der Waals surface area contributed by atoms with Crippen molar-refractivity contribution < 1.29 is 4.79 Å². The van der Waals surface area contributed by atoms with Crippen LogP contribution >= 0.6 is 0 Å². The molecular formula is C17H17N5O2. The lowest BCUT2D eigenvalue weighted by Gasteiger charge is -2.17. The van der Waals surface area contributed by atoms with Gasteiger partial charge in [-0.1, -0.05) is 0 Å². The lowest BCUT2D eigenvalue weighted by Crippen LogP contribution is -2.31. The Labute approximate surface area is 138 Å². The summed E-state index contributed by atoms with van der Waals surface area (Å²) in [6, 6.07) is 7.07. The monoisotopic (exact) mass is 323 g/mol. The fourth-order valence-electron chi connectivity index (χ4n) is 3.33. The lowest BCUT2D eigenvalue weighted by atomic mass is 10.2. The summed E-state index contributed by atoms with van der Waals surface area (Å²) in [5.74, 6) is -0.0267. The highest BCUT2D eigenvalue weighted by Crippen LogP contribution is 2.25. The average Bonchev–Trinajstić information content (AvgIpc) is 3.19. The molecule has 3 aromatic rings. The van der Waals surface area contributed by atoms with Crippen LogP contribution < -0.4 is 5.69 Å². The van der Waals surface area contributed by atoms with Gasteiger partial charge in [-0.2, -0.15) is 0 Å². The van der Waals surface area contributed by atoms with E-state index in [-0.39, 0.29) is 17.6 Å². The van der Waals surface area contributed by atoms with Gasteiger partial charge in [0, 0.05) is 44.3 Å². The van der Waals surface area contributed by atoms with Crippen LogP contribution in [-0.4, -0.2) is 43.0 Å². The van der Waals surface area contributed by atoms with Gasteiger partial charge in [0.25, 0.3) is 5.91 Å². The number of imidazole rings is 1. The fourth-order valence-corrected chi connectivity index (χ4v) is 3.33. The van der Waals surface area contributed by atoms with Crippen molar-refractivity contribution in [2.45, 2.75) is 12.5 Å². The van der Waals surface area contributed by atoms with Gasteiger partial charge in [-0.15, -0.1) is 0 Å². The van der Waals surface area contributed by atoms with Crippen LogP contribution in [0.5, 0.6) is 0 Å². The molecule has 24 heavy (non-hydrogen) atoms. The Morgan fingerprint density at radius 1 is 1.21 bits per heavy atom. The number of carbonyl (C=O) groups is 1. The number of hydrogen-bond acceptors (Lipinski definition) is 4. The topological polar surface area (TPSA) is 73.0 Å². The molecule has 1 aliphatic heterocycles. The van der Waals surface area contributed by atoms with Gasteiger partial charge in [-0.05, 0) is 30.7 Å². The first kappa shape index (κ1) is 14.6. The lowest BCUT2D eigenvalue weighted by molar-refractivity contribution is 0.0787. The van der Waals surface area contributed by atoms with E-state index < -0.39 is 0 Å². The molecule has 7 heteroatoms. The second-order valence-corrected chi connectivity index (χ2v) is 5.99. The van der Waals surface area contributed by atoms with E-state index in [9.17, 15) is 9.59 Å². The number of likely N-dealkylation sites (tertiary alicyclic amines) is 1.